The van der Waals surface area contributed by atoms with Crippen molar-refractivity contribution in [1.82, 2.24) is 20.9 Å². The first kappa shape index (κ1) is 23.8. The highest BCUT2D eigenvalue weighted by Gasteiger charge is 2.26. The molecule has 3 unspecified atom stereocenters. The van der Waals surface area contributed by atoms with Crippen molar-refractivity contribution in [2.45, 2.75) is 24.5 Å². The van der Waals surface area contributed by atoms with Crippen LogP contribution in [-0.2, 0) is 25.6 Å². The Hall–Kier alpha value is -3.48. The van der Waals surface area contributed by atoms with Gasteiger partial charge in [-0.15, -0.1) is 0 Å². The average Bonchev–Trinajstić information content (AvgIpc) is 3.16. The molecule has 0 fully saturated rings. The number of aromatic amines is 1. The van der Waals surface area contributed by atoms with Crippen molar-refractivity contribution in [1.29, 1.82) is 0 Å². The first-order valence-electron chi connectivity index (χ1n) is 9.39. The number of aliphatic carboxylic acids is 1. The van der Waals surface area contributed by atoms with Gasteiger partial charge in [0.25, 0.3) is 0 Å². The van der Waals surface area contributed by atoms with Crippen LogP contribution in [0.5, 0.6) is 0 Å². The van der Waals surface area contributed by atoms with E-state index in [4.69, 9.17) is 15.9 Å². The Morgan fingerprint density at radius 3 is 2.32 bits per heavy atom. The lowest BCUT2D eigenvalue weighted by molar-refractivity contribution is -0.143. The lowest BCUT2D eigenvalue weighted by Gasteiger charge is -2.19. The molecule has 168 valence electrons. The minimum Gasteiger partial charge on any atom is -0.480 e. The summed E-state index contributed by atoms with van der Waals surface area (Å²) < 4.78 is 0. The van der Waals surface area contributed by atoms with Crippen molar-refractivity contribution >= 4 is 34.6 Å². The highest BCUT2D eigenvalue weighted by atomic mass is 16.4. The van der Waals surface area contributed by atoms with Crippen LogP contribution in [0.1, 0.15) is 5.56 Å². The predicted molar refractivity (Wildman–Crippen MR) is 109 cm³/mol. The van der Waals surface area contributed by atoms with Gasteiger partial charge >= 0.3 is 5.97 Å². The number of nitrogens with one attached hydrogen (secondary N) is 4. The molecule has 9 N–H and O–H groups in total. The van der Waals surface area contributed by atoms with Gasteiger partial charge in [0.15, 0.2) is 0 Å². The van der Waals surface area contributed by atoms with Gasteiger partial charge in [0, 0.05) is 17.1 Å². The van der Waals surface area contributed by atoms with Crippen molar-refractivity contribution in [2.24, 2.45) is 5.73 Å². The lowest BCUT2D eigenvalue weighted by atomic mass is 10.1. The molecule has 0 aliphatic heterocycles. The molecular formula is C19H25N5O7. The van der Waals surface area contributed by atoms with Crippen molar-refractivity contribution < 1.29 is 34.5 Å². The summed E-state index contributed by atoms with van der Waals surface area (Å²) in [6.07, 6.45) is 1.99. The molecule has 1 aromatic heterocycles. The number of nitrogens with two attached hydrogens (primary N) is 1. The number of amides is 3. The van der Waals surface area contributed by atoms with Crippen molar-refractivity contribution in [3.8, 4) is 0 Å². The number of carboxylic acid groups (broad SMARTS) is 1. The molecule has 1 heterocycles. The van der Waals surface area contributed by atoms with Gasteiger partial charge in [-0.25, -0.2) is 4.79 Å². The van der Waals surface area contributed by atoms with E-state index in [0.717, 1.165) is 16.5 Å². The number of aromatic nitrogens is 1. The molecule has 3 amide bonds. The maximum absolute atomic E-state index is 12.2. The molecule has 0 radical (unpaired) electrons. The number of H-pyrrole nitrogens is 1. The van der Waals surface area contributed by atoms with Gasteiger partial charge in [-0.3, -0.25) is 14.4 Å². The fraction of sp³-hybridized carbons (Fsp3) is 0.368. The molecule has 0 aliphatic carbocycles. The number of fused-ring (bicyclic) bond motifs is 1. The van der Waals surface area contributed by atoms with E-state index in [1.165, 1.54) is 0 Å². The molecule has 2 aromatic rings. The van der Waals surface area contributed by atoms with E-state index in [2.05, 4.69) is 15.6 Å². The molecule has 0 saturated carbocycles. The summed E-state index contributed by atoms with van der Waals surface area (Å²) in [5.74, 6) is -3.86. The van der Waals surface area contributed by atoms with E-state index in [1.807, 2.05) is 29.6 Å². The van der Waals surface area contributed by atoms with Crippen molar-refractivity contribution in [3.63, 3.8) is 0 Å². The van der Waals surface area contributed by atoms with Crippen LogP contribution in [0.2, 0.25) is 0 Å². The number of aliphatic hydroxyl groups excluding tert-OH is 2. The zero-order chi connectivity index (χ0) is 23.0. The minimum absolute atomic E-state index is 0.233. The van der Waals surface area contributed by atoms with Crippen molar-refractivity contribution in [3.05, 3.63) is 36.0 Å². The van der Waals surface area contributed by atoms with Gasteiger partial charge in [-0.1, -0.05) is 18.2 Å². The van der Waals surface area contributed by atoms with E-state index in [-0.39, 0.29) is 6.42 Å². The monoisotopic (exact) mass is 435 g/mol. The Bertz CT molecular complexity index is 945. The summed E-state index contributed by atoms with van der Waals surface area (Å²) >= 11 is 0. The normalized spacial score (nSPS) is 13.8. The number of hydrogen-bond acceptors (Lipinski definition) is 7. The standard InChI is InChI=1S/C19H25N5O7/c20-12(5-10-6-21-13-4-2-1-3-11(10)13)17(28)22-7-16(27)23-14(8-25)18(29)24-15(9-26)19(30)31/h1-4,6,12,14-15,21,25-26H,5,7-9,20H2,(H,22,28)(H,23,27)(H,24,29)(H,30,31). The fourth-order valence-electron chi connectivity index (χ4n) is 2.83. The van der Waals surface area contributed by atoms with E-state index >= 15 is 0 Å². The number of aliphatic hydroxyl groups is 2. The molecule has 1 aromatic carbocycles. The molecule has 12 heteroatoms. The van der Waals surface area contributed by atoms with E-state index in [9.17, 15) is 24.3 Å². The summed E-state index contributed by atoms with van der Waals surface area (Å²) in [4.78, 5) is 50.1. The van der Waals surface area contributed by atoms with Gasteiger partial charge in [0.1, 0.15) is 12.1 Å². The Morgan fingerprint density at radius 2 is 1.68 bits per heavy atom. The number of para-hydroxylation sites is 1. The fourth-order valence-corrected chi connectivity index (χ4v) is 2.83. The average molecular weight is 435 g/mol. The molecule has 0 aliphatic rings. The second kappa shape index (κ2) is 11.1. The second-order valence-corrected chi connectivity index (χ2v) is 6.77. The Labute approximate surface area is 176 Å². The predicted octanol–water partition coefficient (Wildman–Crippen LogP) is -2.81. The van der Waals surface area contributed by atoms with Crippen LogP contribution in [0.15, 0.2) is 30.5 Å². The molecule has 0 spiro atoms. The summed E-state index contributed by atoms with van der Waals surface area (Å²) in [6.45, 7) is -2.19. The molecule has 31 heavy (non-hydrogen) atoms. The van der Waals surface area contributed by atoms with Crippen LogP contribution in [0.3, 0.4) is 0 Å². The van der Waals surface area contributed by atoms with Crippen LogP contribution < -0.4 is 21.7 Å². The number of hydrogen-bond donors (Lipinski definition) is 8. The maximum Gasteiger partial charge on any atom is 0.328 e. The van der Waals surface area contributed by atoms with Gasteiger partial charge in [-0.05, 0) is 18.1 Å². The highest BCUT2D eigenvalue weighted by molar-refractivity contribution is 5.93. The summed E-state index contributed by atoms with van der Waals surface area (Å²) in [5.41, 5.74) is 7.67. The quantitative estimate of drug-likeness (QED) is 0.184. The molecule has 2 rings (SSSR count). The van der Waals surface area contributed by atoms with Gasteiger partial charge in [-0.2, -0.15) is 0 Å². The molecule has 12 nitrogen and oxygen atoms in total. The van der Waals surface area contributed by atoms with Crippen LogP contribution in [-0.4, -0.2) is 81.9 Å². The van der Waals surface area contributed by atoms with Crippen LogP contribution in [0, 0.1) is 0 Å². The SMILES string of the molecule is NC(Cc1c[nH]c2ccccc12)C(=O)NCC(=O)NC(CO)C(=O)NC(CO)C(=O)O. The van der Waals surface area contributed by atoms with E-state index in [1.54, 1.807) is 6.20 Å². The Balaban J connectivity index is 1.84. The Morgan fingerprint density at radius 1 is 1.00 bits per heavy atom. The third-order valence-corrected chi connectivity index (χ3v) is 4.51. The summed E-state index contributed by atoms with van der Waals surface area (Å²) in [7, 11) is 0. The number of carboxylic acids is 1. The van der Waals surface area contributed by atoms with Gasteiger partial charge in [0.05, 0.1) is 25.8 Å². The first-order valence-corrected chi connectivity index (χ1v) is 9.39. The third-order valence-electron chi connectivity index (χ3n) is 4.51. The first-order chi connectivity index (χ1) is 14.8. The van der Waals surface area contributed by atoms with Gasteiger partial charge in [0.2, 0.25) is 17.7 Å². The third kappa shape index (κ3) is 6.50. The number of rotatable bonds is 11. The van der Waals surface area contributed by atoms with Crippen LogP contribution in [0.4, 0.5) is 0 Å². The second-order valence-electron chi connectivity index (χ2n) is 6.77. The zero-order valence-electron chi connectivity index (χ0n) is 16.5. The zero-order valence-corrected chi connectivity index (χ0v) is 16.5. The molecule has 0 saturated heterocycles. The van der Waals surface area contributed by atoms with Crippen LogP contribution >= 0.6 is 0 Å². The number of carbonyl (C=O) groups excluding carboxylic acids is 3. The molecule has 3 atom stereocenters. The highest BCUT2D eigenvalue weighted by Crippen LogP contribution is 2.18. The van der Waals surface area contributed by atoms with Crippen LogP contribution in [0.25, 0.3) is 10.9 Å². The van der Waals surface area contributed by atoms with Gasteiger partial charge < -0.3 is 42.0 Å². The maximum atomic E-state index is 12.2. The molecular weight excluding hydrogens is 410 g/mol. The smallest absolute Gasteiger partial charge is 0.328 e. The van der Waals surface area contributed by atoms with E-state index in [0.29, 0.717) is 0 Å². The topological polar surface area (TPSA) is 207 Å². The lowest BCUT2D eigenvalue weighted by Crippen LogP contribution is -2.55. The van der Waals surface area contributed by atoms with E-state index < -0.39 is 61.6 Å². The largest absolute Gasteiger partial charge is 0.480 e. The number of carbonyl (C=O) groups is 4. The minimum atomic E-state index is -1.58. The summed E-state index contributed by atoms with van der Waals surface area (Å²) in [5, 5.41) is 34.4. The number of benzene rings is 1. The summed E-state index contributed by atoms with van der Waals surface area (Å²) in [6, 6.07) is 3.55. The Kier molecular flexibility index (Phi) is 8.49. The molecule has 0 bridgehead atoms. The van der Waals surface area contributed by atoms with Crippen molar-refractivity contribution in [2.75, 3.05) is 19.8 Å².